The minimum absolute atomic E-state index is 0.0217. The van der Waals surface area contributed by atoms with Crippen LogP contribution in [0.25, 0.3) is 0 Å². The van der Waals surface area contributed by atoms with E-state index in [1.165, 1.54) is 12.1 Å². The fourth-order valence-corrected chi connectivity index (χ4v) is 2.55. The molecule has 0 aromatic heterocycles. The highest BCUT2D eigenvalue weighted by atomic mass is 16.3. The molecule has 2 aromatic carbocycles. The Kier molecular flexibility index (Phi) is 6.07. The molecule has 1 atom stereocenters. The Morgan fingerprint density at radius 2 is 1.71 bits per heavy atom. The van der Waals surface area contributed by atoms with Crippen molar-refractivity contribution in [1.29, 1.82) is 0 Å². The Morgan fingerprint density at radius 3 is 2.38 bits per heavy atom. The van der Waals surface area contributed by atoms with Crippen LogP contribution in [0.4, 0.5) is 0 Å². The van der Waals surface area contributed by atoms with E-state index >= 15 is 0 Å². The van der Waals surface area contributed by atoms with Gasteiger partial charge in [0.15, 0.2) is 0 Å². The van der Waals surface area contributed by atoms with Crippen molar-refractivity contribution in [3.05, 3.63) is 53.6 Å². The van der Waals surface area contributed by atoms with Crippen molar-refractivity contribution in [2.75, 3.05) is 6.54 Å². The second kappa shape index (κ2) is 8.24. The Morgan fingerprint density at radius 1 is 1.04 bits per heavy atom. The maximum atomic E-state index is 11.9. The second-order valence-corrected chi connectivity index (χ2v) is 5.95. The minimum atomic E-state index is -0.0288. The normalized spacial score (nSPS) is 11.9. The summed E-state index contributed by atoms with van der Waals surface area (Å²) in [6.07, 6.45) is 1.70. The van der Waals surface area contributed by atoms with Crippen molar-refractivity contribution >= 4 is 5.91 Å². The molecule has 5 heteroatoms. The highest BCUT2D eigenvalue weighted by Crippen LogP contribution is 2.31. The molecule has 0 aliphatic heterocycles. The van der Waals surface area contributed by atoms with Gasteiger partial charge in [0.25, 0.3) is 0 Å². The van der Waals surface area contributed by atoms with Gasteiger partial charge in [0, 0.05) is 19.0 Å². The SMILES string of the molecule is CC(CCC(=O)NCCc1ccc(O)cc1)c1ccc(O)cc1O. The van der Waals surface area contributed by atoms with Gasteiger partial charge in [-0.1, -0.05) is 25.1 Å². The van der Waals surface area contributed by atoms with Crippen LogP contribution < -0.4 is 5.32 Å². The van der Waals surface area contributed by atoms with Gasteiger partial charge in [0.2, 0.25) is 5.91 Å². The minimum Gasteiger partial charge on any atom is -0.508 e. The zero-order valence-electron chi connectivity index (χ0n) is 13.7. The monoisotopic (exact) mass is 329 g/mol. The molecule has 24 heavy (non-hydrogen) atoms. The number of nitrogens with one attached hydrogen (secondary N) is 1. The summed E-state index contributed by atoms with van der Waals surface area (Å²) in [7, 11) is 0. The molecule has 128 valence electrons. The molecule has 0 saturated carbocycles. The quantitative estimate of drug-likeness (QED) is 0.628. The van der Waals surface area contributed by atoms with Crippen molar-refractivity contribution < 1.29 is 20.1 Å². The number of hydrogen-bond acceptors (Lipinski definition) is 4. The number of hydrogen-bond donors (Lipinski definition) is 4. The molecule has 0 radical (unpaired) electrons. The Balaban J connectivity index is 1.73. The van der Waals surface area contributed by atoms with E-state index in [4.69, 9.17) is 0 Å². The zero-order valence-corrected chi connectivity index (χ0v) is 13.7. The predicted octanol–water partition coefficient (Wildman–Crippen LogP) is 3.05. The van der Waals surface area contributed by atoms with Crippen LogP contribution in [0.2, 0.25) is 0 Å². The second-order valence-electron chi connectivity index (χ2n) is 5.95. The molecule has 0 fully saturated rings. The van der Waals surface area contributed by atoms with Gasteiger partial charge >= 0.3 is 0 Å². The van der Waals surface area contributed by atoms with E-state index in [-0.39, 0.29) is 29.1 Å². The van der Waals surface area contributed by atoms with Crippen LogP contribution in [0, 0.1) is 0 Å². The first-order valence-electron chi connectivity index (χ1n) is 8.02. The standard InChI is InChI=1S/C19H23NO4/c1-13(17-8-7-16(22)12-18(17)23)2-9-19(24)20-11-10-14-3-5-15(21)6-4-14/h3-8,12-13,21-23H,2,9-11H2,1H3,(H,20,24). The number of benzene rings is 2. The molecule has 4 N–H and O–H groups in total. The summed E-state index contributed by atoms with van der Waals surface area (Å²) >= 11 is 0. The van der Waals surface area contributed by atoms with E-state index in [0.717, 1.165) is 11.1 Å². The number of amides is 1. The van der Waals surface area contributed by atoms with Crippen molar-refractivity contribution in [2.24, 2.45) is 0 Å². The molecule has 0 aliphatic carbocycles. The maximum Gasteiger partial charge on any atom is 0.220 e. The third-order valence-corrected chi connectivity index (χ3v) is 4.02. The van der Waals surface area contributed by atoms with Crippen molar-refractivity contribution in [3.63, 3.8) is 0 Å². The lowest BCUT2D eigenvalue weighted by atomic mass is 9.95. The molecule has 0 heterocycles. The fourth-order valence-electron chi connectivity index (χ4n) is 2.55. The average molecular weight is 329 g/mol. The van der Waals surface area contributed by atoms with E-state index in [0.29, 0.717) is 25.8 Å². The highest BCUT2D eigenvalue weighted by Gasteiger charge is 2.13. The highest BCUT2D eigenvalue weighted by molar-refractivity contribution is 5.75. The molecular formula is C19H23NO4. The van der Waals surface area contributed by atoms with Crippen molar-refractivity contribution in [2.45, 2.75) is 32.1 Å². The van der Waals surface area contributed by atoms with Gasteiger partial charge in [0.1, 0.15) is 17.2 Å². The molecule has 2 aromatic rings. The summed E-state index contributed by atoms with van der Waals surface area (Å²) in [4.78, 5) is 11.9. The van der Waals surface area contributed by atoms with Crippen LogP contribution in [0.5, 0.6) is 17.2 Å². The number of carbonyl (C=O) groups is 1. The predicted molar refractivity (Wildman–Crippen MR) is 92.2 cm³/mol. The number of phenols is 3. The van der Waals surface area contributed by atoms with Crippen LogP contribution in [-0.4, -0.2) is 27.8 Å². The third-order valence-electron chi connectivity index (χ3n) is 4.02. The molecule has 1 unspecified atom stereocenters. The van der Waals surface area contributed by atoms with Gasteiger partial charge < -0.3 is 20.6 Å². The molecule has 5 nitrogen and oxygen atoms in total. The van der Waals surface area contributed by atoms with E-state index in [9.17, 15) is 20.1 Å². The Hall–Kier alpha value is -2.69. The fraction of sp³-hybridized carbons (Fsp3) is 0.316. The number of rotatable bonds is 7. The lowest BCUT2D eigenvalue weighted by molar-refractivity contribution is -0.121. The summed E-state index contributed by atoms with van der Waals surface area (Å²) in [5.74, 6) is 0.298. The first-order valence-corrected chi connectivity index (χ1v) is 8.02. The van der Waals surface area contributed by atoms with E-state index in [1.807, 2.05) is 19.1 Å². The topological polar surface area (TPSA) is 89.8 Å². The van der Waals surface area contributed by atoms with Crippen molar-refractivity contribution in [3.8, 4) is 17.2 Å². The Labute approximate surface area is 141 Å². The zero-order chi connectivity index (χ0) is 17.5. The third kappa shape index (κ3) is 5.19. The largest absolute Gasteiger partial charge is 0.508 e. The molecule has 0 saturated heterocycles. The summed E-state index contributed by atoms with van der Waals surface area (Å²) < 4.78 is 0. The average Bonchev–Trinajstić information content (AvgIpc) is 2.54. The van der Waals surface area contributed by atoms with Gasteiger partial charge in [-0.05, 0) is 48.1 Å². The van der Waals surface area contributed by atoms with E-state index in [1.54, 1.807) is 18.2 Å². The lowest BCUT2D eigenvalue weighted by Crippen LogP contribution is -2.25. The molecule has 1 amide bonds. The lowest BCUT2D eigenvalue weighted by Gasteiger charge is -2.13. The van der Waals surface area contributed by atoms with Gasteiger partial charge in [-0.15, -0.1) is 0 Å². The molecule has 0 spiro atoms. The van der Waals surface area contributed by atoms with E-state index in [2.05, 4.69) is 5.32 Å². The number of phenolic OH excluding ortho intramolecular Hbond substituents is 3. The molecular weight excluding hydrogens is 306 g/mol. The summed E-state index contributed by atoms with van der Waals surface area (Å²) in [5.41, 5.74) is 1.78. The number of aromatic hydroxyl groups is 3. The van der Waals surface area contributed by atoms with Gasteiger partial charge in [-0.25, -0.2) is 0 Å². The summed E-state index contributed by atoms with van der Waals surface area (Å²) in [6, 6.07) is 11.4. The van der Waals surface area contributed by atoms with Gasteiger partial charge in [0.05, 0.1) is 0 Å². The number of carbonyl (C=O) groups excluding carboxylic acids is 1. The van der Waals surface area contributed by atoms with Gasteiger partial charge in [-0.3, -0.25) is 4.79 Å². The summed E-state index contributed by atoms with van der Waals surface area (Å²) in [6.45, 7) is 2.48. The summed E-state index contributed by atoms with van der Waals surface area (Å²) in [5, 5.41) is 31.2. The van der Waals surface area contributed by atoms with Crippen LogP contribution in [0.15, 0.2) is 42.5 Å². The van der Waals surface area contributed by atoms with Crippen molar-refractivity contribution in [1.82, 2.24) is 5.32 Å². The van der Waals surface area contributed by atoms with Gasteiger partial charge in [-0.2, -0.15) is 0 Å². The smallest absolute Gasteiger partial charge is 0.220 e. The Bertz CT molecular complexity index is 682. The molecule has 2 rings (SSSR count). The van der Waals surface area contributed by atoms with E-state index < -0.39 is 0 Å². The molecule has 0 bridgehead atoms. The van der Waals surface area contributed by atoms with Crippen LogP contribution in [0.1, 0.15) is 36.8 Å². The first-order chi connectivity index (χ1) is 11.5. The van der Waals surface area contributed by atoms with Crippen LogP contribution >= 0.6 is 0 Å². The van der Waals surface area contributed by atoms with Crippen LogP contribution in [-0.2, 0) is 11.2 Å². The van der Waals surface area contributed by atoms with Crippen LogP contribution in [0.3, 0.4) is 0 Å². The maximum absolute atomic E-state index is 11.9. The first kappa shape index (κ1) is 17.7. The molecule has 0 aliphatic rings.